The molecule has 1 N–H and O–H groups in total. The summed E-state index contributed by atoms with van der Waals surface area (Å²) in [5.74, 6) is -0.307. The summed E-state index contributed by atoms with van der Waals surface area (Å²) in [7, 11) is 2.00. The number of fused-ring (bicyclic) bond motifs is 1. The number of nitrogens with zero attached hydrogens (tertiary/aromatic N) is 2. The molecule has 4 nitrogen and oxygen atoms in total. The fraction of sp³-hybridized carbons (Fsp3) is 0.368. The van der Waals surface area contributed by atoms with E-state index >= 15 is 0 Å². The molecule has 1 aromatic heterocycles. The molecule has 6 heteroatoms. The molecule has 0 saturated heterocycles. The van der Waals surface area contributed by atoms with E-state index in [1.165, 1.54) is 17.6 Å². The lowest BCUT2D eigenvalue weighted by Crippen LogP contribution is -2.45. The first-order valence-electron chi connectivity index (χ1n) is 8.24. The highest BCUT2D eigenvalue weighted by molar-refractivity contribution is 7.12. The summed E-state index contributed by atoms with van der Waals surface area (Å²) < 4.78 is 14.5. The highest BCUT2D eigenvalue weighted by atomic mass is 32.1. The third-order valence-corrected chi connectivity index (χ3v) is 5.74. The van der Waals surface area contributed by atoms with Gasteiger partial charge in [0.1, 0.15) is 5.82 Å². The van der Waals surface area contributed by atoms with Crippen LogP contribution in [0, 0.1) is 5.82 Å². The molecule has 132 valence electrons. The second-order valence-corrected chi connectivity index (χ2v) is 8.03. The van der Waals surface area contributed by atoms with Gasteiger partial charge in [0.25, 0.3) is 5.91 Å². The van der Waals surface area contributed by atoms with Crippen molar-refractivity contribution in [3.63, 3.8) is 0 Å². The van der Waals surface area contributed by atoms with Gasteiger partial charge in [0.2, 0.25) is 0 Å². The molecule has 3 rings (SSSR count). The highest BCUT2D eigenvalue weighted by Gasteiger charge is 2.34. The van der Waals surface area contributed by atoms with Gasteiger partial charge in [0, 0.05) is 23.8 Å². The zero-order chi connectivity index (χ0) is 18.2. The van der Waals surface area contributed by atoms with Crippen LogP contribution in [0.4, 0.5) is 10.1 Å². The predicted molar refractivity (Wildman–Crippen MR) is 101 cm³/mol. The van der Waals surface area contributed by atoms with Crippen molar-refractivity contribution < 1.29 is 9.18 Å². The van der Waals surface area contributed by atoms with Crippen molar-refractivity contribution in [3.8, 4) is 0 Å². The van der Waals surface area contributed by atoms with Gasteiger partial charge in [0.05, 0.1) is 11.1 Å². The summed E-state index contributed by atoms with van der Waals surface area (Å²) in [6.45, 7) is 6.49. The molecule has 0 bridgehead atoms. The Labute approximate surface area is 151 Å². The first-order valence-corrected chi connectivity index (χ1v) is 9.12. The van der Waals surface area contributed by atoms with Crippen LogP contribution < -0.4 is 10.3 Å². The Morgan fingerprint density at radius 2 is 2.24 bits per heavy atom. The van der Waals surface area contributed by atoms with E-state index in [1.54, 1.807) is 18.2 Å². The van der Waals surface area contributed by atoms with E-state index in [-0.39, 0.29) is 17.3 Å². The molecule has 0 radical (unpaired) electrons. The Kier molecular flexibility index (Phi) is 4.64. The molecule has 1 aliphatic rings. The Morgan fingerprint density at radius 1 is 1.48 bits per heavy atom. The molecule has 2 aromatic rings. The summed E-state index contributed by atoms with van der Waals surface area (Å²) in [4.78, 5) is 14.6. The van der Waals surface area contributed by atoms with E-state index in [2.05, 4.69) is 36.2 Å². The zero-order valence-corrected chi connectivity index (χ0v) is 15.7. The molecule has 1 aliphatic heterocycles. The summed E-state index contributed by atoms with van der Waals surface area (Å²) in [5.41, 5.74) is 4.83. The van der Waals surface area contributed by atoms with Gasteiger partial charge in [-0.15, -0.1) is 11.3 Å². The van der Waals surface area contributed by atoms with E-state index < -0.39 is 0 Å². The lowest BCUT2D eigenvalue weighted by atomic mass is 9.80. The van der Waals surface area contributed by atoms with Crippen molar-refractivity contribution >= 4 is 29.1 Å². The van der Waals surface area contributed by atoms with Gasteiger partial charge >= 0.3 is 0 Å². The fourth-order valence-electron chi connectivity index (χ4n) is 3.33. The van der Waals surface area contributed by atoms with Gasteiger partial charge in [-0.3, -0.25) is 4.79 Å². The highest BCUT2D eigenvalue weighted by Crippen LogP contribution is 2.43. The lowest BCUT2D eigenvalue weighted by Gasteiger charge is -2.45. The van der Waals surface area contributed by atoms with Crippen LogP contribution in [0.5, 0.6) is 0 Å². The summed E-state index contributed by atoms with van der Waals surface area (Å²) in [6, 6.07) is 6.91. The van der Waals surface area contributed by atoms with Crippen LogP contribution in [0.1, 0.15) is 53.9 Å². The third kappa shape index (κ3) is 3.44. The van der Waals surface area contributed by atoms with Crippen molar-refractivity contribution in [2.24, 2.45) is 5.10 Å². The van der Waals surface area contributed by atoms with Crippen molar-refractivity contribution in [3.05, 3.63) is 51.5 Å². The molecule has 0 aliphatic carbocycles. The Balaban J connectivity index is 1.83. The van der Waals surface area contributed by atoms with E-state index in [1.807, 2.05) is 18.5 Å². The number of carbonyl (C=O) groups is 1. The summed E-state index contributed by atoms with van der Waals surface area (Å²) in [6.07, 6.45) is 2.36. The Morgan fingerprint density at radius 3 is 2.92 bits per heavy atom. The first kappa shape index (κ1) is 17.6. The van der Waals surface area contributed by atoms with E-state index in [0.717, 1.165) is 17.7 Å². The number of thiophene rings is 1. The van der Waals surface area contributed by atoms with Crippen molar-refractivity contribution in [2.75, 3.05) is 11.9 Å². The quantitative estimate of drug-likeness (QED) is 0.653. The molecule has 0 spiro atoms. The minimum Gasteiger partial charge on any atom is -0.369 e. The molecular weight excluding hydrogens is 337 g/mol. The fourth-order valence-corrected chi connectivity index (χ4v) is 3.94. The van der Waals surface area contributed by atoms with Crippen LogP contribution >= 0.6 is 11.3 Å². The number of benzene rings is 1. The number of hydrogen-bond donors (Lipinski definition) is 1. The van der Waals surface area contributed by atoms with E-state index in [4.69, 9.17) is 0 Å². The molecular formula is C19H22FN3OS. The Bertz CT molecular complexity index is 814. The number of halogens is 1. The number of nitrogens with one attached hydrogen (secondary N) is 1. The van der Waals surface area contributed by atoms with Gasteiger partial charge in [-0.25, -0.2) is 9.82 Å². The molecule has 1 unspecified atom stereocenters. The van der Waals surface area contributed by atoms with Crippen molar-refractivity contribution in [2.45, 2.75) is 38.6 Å². The summed E-state index contributed by atoms with van der Waals surface area (Å²) in [5, 5.41) is 5.73. The molecule has 1 aromatic carbocycles. The van der Waals surface area contributed by atoms with Crippen LogP contribution in [-0.4, -0.2) is 24.7 Å². The van der Waals surface area contributed by atoms with Gasteiger partial charge in [0.15, 0.2) is 0 Å². The topological polar surface area (TPSA) is 44.7 Å². The van der Waals surface area contributed by atoms with Crippen molar-refractivity contribution in [1.29, 1.82) is 0 Å². The lowest BCUT2D eigenvalue weighted by molar-refractivity contribution is 0.0959. The van der Waals surface area contributed by atoms with E-state index in [0.29, 0.717) is 16.4 Å². The smallest absolute Gasteiger partial charge is 0.281 e. The third-order valence-electron chi connectivity index (χ3n) is 4.87. The molecule has 0 saturated carbocycles. The minimum atomic E-state index is -0.343. The number of carbonyl (C=O) groups excluding carboxylic acids is 1. The maximum atomic E-state index is 14.5. The normalized spacial score (nSPS) is 19.1. The van der Waals surface area contributed by atoms with E-state index in [9.17, 15) is 9.18 Å². The predicted octanol–water partition coefficient (Wildman–Crippen LogP) is 4.37. The maximum Gasteiger partial charge on any atom is 0.281 e. The standard InChI is InChI=1S/C19H22FN3OS/c1-12-10-19(2,3)23(4)16-9-15(20)13(8-14(12)16)11-21-22-18(24)17-6-5-7-25-17/h5-9,11-12H,10H2,1-4H3,(H,22,24)/b21-11+. The number of rotatable bonds is 3. The molecule has 1 amide bonds. The van der Waals surface area contributed by atoms with Crippen LogP contribution in [0.15, 0.2) is 34.7 Å². The molecule has 25 heavy (non-hydrogen) atoms. The monoisotopic (exact) mass is 359 g/mol. The SMILES string of the molecule is CC1CC(C)(C)N(C)c2cc(F)c(/C=N/NC(=O)c3cccs3)cc21. The minimum absolute atomic E-state index is 0.0108. The zero-order valence-electron chi connectivity index (χ0n) is 14.8. The van der Waals surface area contributed by atoms with Gasteiger partial charge in [-0.1, -0.05) is 13.0 Å². The number of amides is 1. The molecule has 0 fully saturated rings. The van der Waals surface area contributed by atoms with Crippen LogP contribution in [0.3, 0.4) is 0 Å². The number of hydrazone groups is 1. The largest absolute Gasteiger partial charge is 0.369 e. The van der Waals surface area contributed by atoms with Crippen LogP contribution in [0.25, 0.3) is 0 Å². The van der Waals surface area contributed by atoms with Gasteiger partial charge in [-0.2, -0.15) is 5.10 Å². The summed E-state index contributed by atoms with van der Waals surface area (Å²) >= 11 is 1.33. The second-order valence-electron chi connectivity index (χ2n) is 7.09. The van der Waals surface area contributed by atoms with Gasteiger partial charge < -0.3 is 4.90 Å². The van der Waals surface area contributed by atoms with Crippen molar-refractivity contribution in [1.82, 2.24) is 5.43 Å². The first-order chi connectivity index (χ1) is 11.8. The average Bonchev–Trinajstić information content (AvgIpc) is 3.08. The average molecular weight is 359 g/mol. The van der Waals surface area contributed by atoms with Crippen LogP contribution in [-0.2, 0) is 0 Å². The van der Waals surface area contributed by atoms with Gasteiger partial charge in [-0.05, 0) is 55.3 Å². The number of anilines is 1. The molecule has 1 atom stereocenters. The molecule has 2 heterocycles. The Hall–Kier alpha value is -2.21. The number of hydrogen-bond acceptors (Lipinski definition) is 4. The van der Waals surface area contributed by atoms with Crippen LogP contribution in [0.2, 0.25) is 0 Å². The maximum absolute atomic E-state index is 14.5. The second kappa shape index (κ2) is 6.59.